The number of hydrogen-bond acceptors (Lipinski definition) is 4. The van der Waals surface area contributed by atoms with Crippen LogP contribution in [0.1, 0.15) is 51.0 Å². The summed E-state index contributed by atoms with van der Waals surface area (Å²) < 4.78 is 11.8. The van der Waals surface area contributed by atoms with E-state index in [0.717, 1.165) is 44.1 Å². The summed E-state index contributed by atoms with van der Waals surface area (Å²) >= 11 is 0. The molecule has 3 aliphatic carbocycles. The minimum atomic E-state index is -0.495. The minimum absolute atomic E-state index is 0.0736. The second kappa shape index (κ2) is 5.05. The average molecular weight is 315 g/mol. The van der Waals surface area contributed by atoms with E-state index in [-0.39, 0.29) is 17.6 Å². The Morgan fingerprint density at radius 1 is 1.26 bits per heavy atom. The monoisotopic (exact) mass is 315 g/mol. The molecular formula is C19H25NO3. The zero-order valence-corrected chi connectivity index (χ0v) is 13.7. The van der Waals surface area contributed by atoms with E-state index < -0.39 is 11.0 Å². The van der Waals surface area contributed by atoms with Crippen LogP contribution in [0.15, 0.2) is 30.3 Å². The lowest BCUT2D eigenvalue weighted by atomic mass is 9.51. The lowest BCUT2D eigenvalue weighted by Crippen LogP contribution is -2.64. The maximum atomic E-state index is 12.8. The van der Waals surface area contributed by atoms with Gasteiger partial charge in [0.25, 0.3) is 0 Å². The summed E-state index contributed by atoms with van der Waals surface area (Å²) in [7, 11) is 0. The molecule has 4 fully saturated rings. The number of epoxide rings is 1. The molecule has 4 nitrogen and oxygen atoms in total. The second-order valence-electron chi connectivity index (χ2n) is 7.40. The highest BCUT2D eigenvalue weighted by Crippen LogP contribution is 2.71. The molecule has 2 unspecified atom stereocenters. The molecule has 0 aromatic heterocycles. The summed E-state index contributed by atoms with van der Waals surface area (Å²) in [5.74, 6) is -0.0736. The summed E-state index contributed by atoms with van der Waals surface area (Å²) in [6.45, 7) is 2.61. The molecule has 1 aromatic rings. The minimum Gasteiger partial charge on any atom is -0.465 e. The second-order valence-corrected chi connectivity index (χ2v) is 7.40. The molecule has 2 atom stereocenters. The van der Waals surface area contributed by atoms with Crippen LogP contribution in [0, 0.1) is 5.41 Å². The number of esters is 1. The first-order valence-corrected chi connectivity index (χ1v) is 8.78. The summed E-state index contributed by atoms with van der Waals surface area (Å²) in [5, 5.41) is 0. The molecule has 3 saturated carbocycles. The van der Waals surface area contributed by atoms with E-state index in [1.165, 1.54) is 0 Å². The van der Waals surface area contributed by atoms with Crippen molar-refractivity contribution in [3.05, 3.63) is 35.9 Å². The molecule has 4 aliphatic rings. The summed E-state index contributed by atoms with van der Waals surface area (Å²) in [6, 6.07) is 10.2. The Bertz CT molecular complexity index is 606. The first kappa shape index (κ1) is 15.2. The van der Waals surface area contributed by atoms with Crippen molar-refractivity contribution in [2.75, 3.05) is 6.61 Å². The number of nitrogens with two attached hydrogens (primary N) is 1. The van der Waals surface area contributed by atoms with Gasteiger partial charge in [0.15, 0.2) is 0 Å². The molecule has 1 aliphatic heterocycles. The van der Waals surface area contributed by atoms with Gasteiger partial charge in [0.1, 0.15) is 11.7 Å². The third-order valence-electron chi connectivity index (χ3n) is 6.23. The highest BCUT2D eigenvalue weighted by molar-refractivity contribution is 5.80. The van der Waals surface area contributed by atoms with E-state index in [1.54, 1.807) is 0 Å². The fraction of sp³-hybridized carbons (Fsp3) is 0.632. The van der Waals surface area contributed by atoms with Gasteiger partial charge in [-0.25, -0.2) is 0 Å². The van der Waals surface area contributed by atoms with Crippen molar-refractivity contribution < 1.29 is 14.3 Å². The Morgan fingerprint density at radius 2 is 1.96 bits per heavy atom. The molecule has 4 heteroatoms. The molecular weight excluding hydrogens is 290 g/mol. The molecule has 2 N–H and O–H groups in total. The Hall–Kier alpha value is -1.39. The fourth-order valence-corrected chi connectivity index (χ4v) is 4.76. The van der Waals surface area contributed by atoms with Crippen LogP contribution < -0.4 is 5.73 Å². The zero-order valence-electron chi connectivity index (χ0n) is 13.7. The van der Waals surface area contributed by atoms with E-state index in [2.05, 4.69) is 19.1 Å². The van der Waals surface area contributed by atoms with Gasteiger partial charge in [-0.15, -0.1) is 0 Å². The lowest BCUT2D eigenvalue weighted by Gasteiger charge is -2.51. The first-order valence-electron chi connectivity index (χ1n) is 8.78. The highest BCUT2D eigenvalue weighted by Gasteiger charge is 2.81. The van der Waals surface area contributed by atoms with Gasteiger partial charge in [0.2, 0.25) is 0 Å². The Kier molecular flexibility index (Phi) is 3.33. The summed E-state index contributed by atoms with van der Waals surface area (Å²) in [5.41, 5.74) is 6.52. The van der Waals surface area contributed by atoms with Gasteiger partial charge < -0.3 is 15.2 Å². The molecule has 23 heavy (non-hydrogen) atoms. The van der Waals surface area contributed by atoms with Crippen LogP contribution in [0.5, 0.6) is 0 Å². The van der Waals surface area contributed by atoms with Crippen molar-refractivity contribution in [2.45, 2.75) is 62.7 Å². The molecule has 5 rings (SSSR count). The molecule has 0 radical (unpaired) electrons. The number of carbonyl (C=O) groups excluding carboxylic acids is 1. The number of benzene rings is 1. The summed E-state index contributed by atoms with van der Waals surface area (Å²) in [6.07, 6.45) is 5.03. The number of unbranched alkanes of at least 4 members (excludes halogenated alkanes) is 1. The van der Waals surface area contributed by atoms with Gasteiger partial charge in [-0.05, 0) is 37.7 Å². The third-order valence-corrected chi connectivity index (χ3v) is 6.23. The molecule has 1 saturated heterocycles. The number of fused-ring (bicyclic) bond motifs is 2. The maximum Gasteiger partial charge on any atom is 0.314 e. The van der Waals surface area contributed by atoms with Crippen LogP contribution in [-0.4, -0.2) is 24.2 Å². The number of carbonyl (C=O) groups is 1. The van der Waals surface area contributed by atoms with E-state index >= 15 is 0 Å². The van der Waals surface area contributed by atoms with Gasteiger partial charge in [-0.3, -0.25) is 4.79 Å². The van der Waals surface area contributed by atoms with Gasteiger partial charge in [-0.2, -0.15) is 0 Å². The van der Waals surface area contributed by atoms with Crippen molar-refractivity contribution in [2.24, 2.45) is 11.1 Å². The van der Waals surface area contributed by atoms with Gasteiger partial charge in [0, 0.05) is 0 Å². The zero-order chi connectivity index (χ0) is 16.1. The quantitative estimate of drug-likeness (QED) is 0.515. The van der Waals surface area contributed by atoms with Crippen LogP contribution in [0.3, 0.4) is 0 Å². The SMILES string of the molecule is CCCCOC(=O)C12CCC(N)(CC1)C1(c3ccccc3)OC21. The molecule has 1 heterocycles. The predicted molar refractivity (Wildman–Crippen MR) is 86.7 cm³/mol. The molecule has 0 spiro atoms. The van der Waals surface area contributed by atoms with E-state index in [4.69, 9.17) is 15.2 Å². The number of hydrogen-bond donors (Lipinski definition) is 1. The molecule has 0 amide bonds. The van der Waals surface area contributed by atoms with Crippen LogP contribution in [0.25, 0.3) is 0 Å². The van der Waals surface area contributed by atoms with Crippen LogP contribution in [-0.2, 0) is 19.9 Å². The van der Waals surface area contributed by atoms with Crippen molar-refractivity contribution in [3.8, 4) is 0 Å². The van der Waals surface area contributed by atoms with Crippen LogP contribution in [0.4, 0.5) is 0 Å². The lowest BCUT2D eigenvalue weighted by molar-refractivity contribution is -0.162. The van der Waals surface area contributed by atoms with Gasteiger partial charge in [-0.1, -0.05) is 43.7 Å². The predicted octanol–water partition coefficient (Wildman–Crippen LogP) is 2.90. The number of rotatable bonds is 5. The smallest absolute Gasteiger partial charge is 0.314 e. The topological polar surface area (TPSA) is 64.8 Å². The molecule has 1 aromatic carbocycles. The molecule has 2 bridgehead atoms. The summed E-state index contributed by atoms with van der Waals surface area (Å²) in [4.78, 5) is 12.8. The molecule has 124 valence electrons. The van der Waals surface area contributed by atoms with Crippen LogP contribution in [0.2, 0.25) is 0 Å². The van der Waals surface area contributed by atoms with Crippen molar-refractivity contribution in [1.29, 1.82) is 0 Å². The standard InChI is InChI=1S/C19H25NO3/c1-2-3-13-22-16(21)17-9-11-18(20,12-10-17)19(15(17)23-19)14-7-5-4-6-8-14/h4-8,15H,2-3,9-13,20H2,1H3. The maximum absolute atomic E-state index is 12.8. The highest BCUT2D eigenvalue weighted by atomic mass is 16.6. The largest absolute Gasteiger partial charge is 0.465 e. The fourth-order valence-electron chi connectivity index (χ4n) is 4.76. The van der Waals surface area contributed by atoms with E-state index in [9.17, 15) is 4.79 Å². The van der Waals surface area contributed by atoms with Crippen molar-refractivity contribution in [3.63, 3.8) is 0 Å². The Morgan fingerprint density at radius 3 is 2.61 bits per heavy atom. The van der Waals surface area contributed by atoms with Crippen LogP contribution >= 0.6 is 0 Å². The van der Waals surface area contributed by atoms with Gasteiger partial charge >= 0.3 is 5.97 Å². The first-order chi connectivity index (χ1) is 11.1. The van der Waals surface area contributed by atoms with Crippen molar-refractivity contribution >= 4 is 5.97 Å². The van der Waals surface area contributed by atoms with Gasteiger partial charge in [0.05, 0.1) is 17.6 Å². The number of ether oxygens (including phenoxy) is 2. The average Bonchev–Trinajstić information content (AvgIpc) is 3.36. The third kappa shape index (κ3) is 1.88. The Labute approximate surface area is 137 Å². The van der Waals surface area contributed by atoms with Crippen molar-refractivity contribution in [1.82, 2.24) is 0 Å². The van der Waals surface area contributed by atoms with E-state index in [0.29, 0.717) is 6.61 Å². The van der Waals surface area contributed by atoms with E-state index in [1.807, 2.05) is 18.2 Å². The Balaban J connectivity index is 1.65. The normalized spacial score (nSPS) is 40.5.